The number of carbonyl (C=O) groups excluding carboxylic acids is 1. The van der Waals surface area contributed by atoms with E-state index in [1.807, 2.05) is 6.92 Å². The van der Waals surface area contributed by atoms with Crippen LogP contribution in [0, 0.1) is 6.92 Å². The van der Waals surface area contributed by atoms with Crippen molar-refractivity contribution in [3.05, 3.63) is 75.4 Å². The molecule has 3 aromatic carbocycles. The molecule has 1 heterocycles. The molecule has 1 amide bonds. The lowest BCUT2D eigenvalue weighted by atomic mass is 10.1. The van der Waals surface area contributed by atoms with Gasteiger partial charge in [-0.25, -0.2) is 0 Å². The van der Waals surface area contributed by atoms with Crippen molar-refractivity contribution in [1.82, 2.24) is 0 Å². The number of nitrogens with one attached hydrogen (secondary N) is 1. The Morgan fingerprint density at radius 2 is 1.70 bits per heavy atom. The number of rotatable bonds is 5. The number of ether oxygens (including phenoxy) is 2. The Bertz CT molecular complexity index is 1310. The van der Waals surface area contributed by atoms with Gasteiger partial charge in [-0.15, -0.1) is 0 Å². The Morgan fingerprint density at radius 1 is 1.00 bits per heavy atom. The van der Waals surface area contributed by atoms with Crippen LogP contribution in [0.4, 0.5) is 5.69 Å². The Morgan fingerprint density at radius 3 is 2.43 bits per heavy atom. The maximum Gasteiger partial charge on any atom is 0.262 e. The summed E-state index contributed by atoms with van der Waals surface area (Å²) in [6.45, 7) is 1.68. The fourth-order valence-electron chi connectivity index (χ4n) is 3.07. The van der Waals surface area contributed by atoms with Gasteiger partial charge in [0.25, 0.3) is 5.91 Å². The molecule has 0 saturated carbocycles. The molecule has 1 N–H and O–H groups in total. The SMILES string of the molecule is COc1ccc(OCC(=O)Nc2ccc3c(=O)c4cc(Cl)c(C)cc4oc3c2)cc1. The van der Waals surface area contributed by atoms with Crippen LogP contribution < -0.4 is 20.2 Å². The van der Waals surface area contributed by atoms with Crippen LogP contribution in [0.25, 0.3) is 21.9 Å². The smallest absolute Gasteiger partial charge is 0.262 e. The van der Waals surface area contributed by atoms with Gasteiger partial charge >= 0.3 is 0 Å². The van der Waals surface area contributed by atoms with E-state index in [-0.39, 0.29) is 17.9 Å². The number of hydrogen-bond donors (Lipinski definition) is 1. The quantitative estimate of drug-likeness (QED) is 0.460. The number of anilines is 1. The van der Waals surface area contributed by atoms with Gasteiger partial charge in [0, 0.05) is 16.8 Å². The molecule has 152 valence electrons. The van der Waals surface area contributed by atoms with E-state index in [1.54, 1.807) is 61.7 Å². The zero-order valence-corrected chi connectivity index (χ0v) is 17.1. The molecule has 0 saturated heterocycles. The highest BCUT2D eigenvalue weighted by Gasteiger charge is 2.12. The van der Waals surface area contributed by atoms with E-state index in [2.05, 4.69) is 5.32 Å². The number of benzene rings is 3. The molecule has 0 aliphatic carbocycles. The largest absolute Gasteiger partial charge is 0.497 e. The predicted octanol–water partition coefficient (Wildman–Crippen LogP) is 4.93. The van der Waals surface area contributed by atoms with Gasteiger partial charge in [0.15, 0.2) is 6.61 Å². The van der Waals surface area contributed by atoms with Crippen LogP contribution >= 0.6 is 11.6 Å². The normalized spacial score (nSPS) is 10.9. The standard InChI is InChI=1S/C23H18ClNO5/c1-13-9-20-18(11-19(13)24)23(27)17-8-3-14(10-21(17)30-20)25-22(26)12-29-16-6-4-15(28-2)5-7-16/h3-11H,12H2,1-2H3,(H,25,26). The number of carbonyl (C=O) groups is 1. The van der Waals surface area contributed by atoms with Crippen molar-refractivity contribution in [2.24, 2.45) is 0 Å². The molecular formula is C23H18ClNO5. The number of fused-ring (bicyclic) bond motifs is 2. The van der Waals surface area contributed by atoms with Crippen LogP contribution in [0.1, 0.15) is 5.56 Å². The molecule has 0 fully saturated rings. The van der Waals surface area contributed by atoms with E-state index >= 15 is 0 Å². The minimum Gasteiger partial charge on any atom is -0.497 e. The average molecular weight is 424 g/mol. The monoisotopic (exact) mass is 423 g/mol. The Balaban J connectivity index is 1.53. The van der Waals surface area contributed by atoms with Gasteiger partial charge in [-0.2, -0.15) is 0 Å². The number of aryl methyl sites for hydroxylation is 1. The third-order valence-corrected chi connectivity index (χ3v) is 5.07. The van der Waals surface area contributed by atoms with Crippen molar-refractivity contribution in [3.8, 4) is 11.5 Å². The van der Waals surface area contributed by atoms with Crippen molar-refractivity contribution in [2.75, 3.05) is 19.0 Å². The molecule has 0 unspecified atom stereocenters. The maximum absolute atomic E-state index is 12.8. The van der Waals surface area contributed by atoms with E-state index in [9.17, 15) is 9.59 Å². The summed E-state index contributed by atoms with van der Waals surface area (Å²) in [6.07, 6.45) is 0. The average Bonchev–Trinajstić information content (AvgIpc) is 2.74. The van der Waals surface area contributed by atoms with E-state index < -0.39 is 0 Å². The van der Waals surface area contributed by atoms with E-state index in [4.69, 9.17) is 25.5 Å². The number of hydrogen-bond acceptors (Lipinski definition) is 5. The molecule has 1 aromatic heterocycles. The molecule has 30 heavy (non-hydrogen) atoms. The Labute approximate surface area is 177 Å². The molecule has 0 spiro atoms. The molecule has 0 aliphatic heterocycles. The molecule has 7 heteroatoms. The van der Waals surface area contributed by atoms with Crippen molar-refractivity contribution in [3.63, 3.8) is 0 Å². The zero-order chi connectivity index (χ0) is 21.3. The topological polar surface area (TPSA) is 77.8 Å². The van der Waals surface area contributed by atoms with Crippen LogP contribution in [0.3, 0.4) is 0 Å². The molecule has 4 rings (SSSR count). The summed E-state index contributed by atoms with van der Waals surface area (Å²) in [6, 6.07) is 15.2. The molecule has 4 aromatic rings. The zero-order valence-electron chi connectivity index (χ0n) is 16.3. The molecule has 0 atom stereocenters. The summed E-state index contributed by atoms with van der Waals surface area (Å²) in [4.78, 5) is 25.0. The van der Waals surface area contributed by atoms with Crippen molar-refractivity contribution >= 4 is 45.1 Å². The Hall–Kier alpha value is -3.51. The highest BCUT2D eigenvalue weighted by Crippen LogP contribution is 2.26. The summed E-state index contributed by atoms with van der Waals surface area (Å²) in [5.41, 5.74) is 1.96. The van der Waals surface area contributed by atoms with Crippen LogP contribution in [0.2, 0.25) is 5.02 Å². The third kappa shape index (κ3) is 3.95. The van der Waals surface area contributed by atoms with Crippen molar-refractivity contribution < 1.29 is 18.7 Å². The van der Waals surface area contributed by atoms with Gasteiger partial charge in [-0.05, 0) is 61.0 Å². The van der Waals surface area contributed by atoms with E-state index in [0.29, 0.717) is 44.1 Å². The first-order chi connectivity index (χ1) is 14.4. The summed E-state index contributed by atoms with van der Waals surface area (Å²) >= 11 is 6.14. The second-order valence-corrected chi connectivity index (χ2v) is 7.16. The second kappa shape index (κ2) is 8.08. The van der Waals surface area contributed by atoms with Crippen molar-refractivity contribution in [1.29, 1.82) is 0 Å². The van der Waals surface area contributed by atoms with Crippen molar-refractivity contribution in [2.45, 2.75) is 6.92 Å². The first kappa shape index (κ1) is 19.8. The lowest BCUT2D eigenvalue weighted by Gasteiger charge is -2.09. The van der Waals surface area contributed by atoms with Gasteiger partial charge in [0.05, 0.1) is 17.9 Å². The van der Waals surface area contributed by atoms with Crippen LogP contribution in [-0.2, 0) is 4.79 Å². The summed E-state index contributed by atoms with van der Waals surface area (Å²) in [5, 5.41) is 4.08. The van der Waals surface area contributed by atoms with Gasteiger partial charge in [-0.3, -0.25) is 9.59 Å². The fourth-order valence-corrected chi connectivity index (χ4v) is 3.23. The highest BCUT2D eigenvalue weighted by molar-refractivity contribution is 6.32. The lowest BCUT2D eigenvalue weighted by Crippen LogP contribution is -2.20. The minimum absolute atomic E-state index is 0.163. The molecule has 0 bridgehead atoms. The number of halogens is 1. The third-order valence-electron chi connectivity index (χ3n) is 4.66. The lowest BCUT2D eigenvalue weighted by molar-refractivity contribution is -0.118. The van der Waals surface area contributed by atoms with Gasteiger partial charge in [-0.1, -0.05) is 11.6 Å². The first-order valence-electron chi connectivity index (χ1n) is 9.18. The summed E-state index contributed by atoms with van der Waals surface area (Å²) in [7, 11) is 1.58. The molecular weight excluding hydrogens is 406 g/mol. The molecule has 6 nitrogen and oxygen atoms in total. The van der Waals surface area contributed by atoms with Crippen LogP contribution in [-0.4, -0.2) is 19.6 Å². The van der Waals surface area contributed by atoms with Crippen LogP contribution in [0.5, 0.6) is 11.5 Å². The highest BCUT2D eigenvalue weighted by atomic mass is 35.5. The minimum atomic E-state index is -0.337. The predicted molar refractivity (Wildman–Crippen MR) is 117 cm³/mol. The van der Waals surface area contributed by atoms with E-state index in [1.165, 1.54) is 0 Å². The van der Waals surface area contributed by atoms with Gasteiger partial charge < -0.3 is 19.2 Å². The maximum atomic E-state index is 12.8. The van der Waals surface area contributed by atoms with Gasteiger partial charge in [0.1, 0.15) is 22.7 Å². The van der Waals surface area contributed by atoms with Gasteiger partial charge in [0.2, 0.25) is 5.43 Å². The Kier molecular flexibility index (Phi) is 5.33. The number of methoxy groups -OCH3 is 1. The molecule has 0 radical (unpaired) electrons. The summed E-state index contributed by atoms with van der Waals surface area (Å²) < 4.78 is 16.4. The fraction of sp³-hybridized carbons (Fsp3) is 0.130. The van der Waals surface area contributed by atoms with Crippen LogP contribution in [0.15, 0.2) is 63.8 Å². The molecule has 0 aliphatic rings. The number of amides is 1. The second-order valence-electron chi connectivity index (χ2n) is 6.75. The van der Waals surface area contributed by atoms with E-state index in [0.717, 1.165) is 5.56 Å². The first-order valence-corrected chi connectivity index (χ1v) is 9.56. The summed E-state index contributed by atoms with van der Waals surface area (Å²) in [5.74, 6) is 0.918.